The second-order valence-corrected chi connectivity index (χ2v) is 9.54. The van der Waals surface area contributed by atoms with Gasteiger partial charge < -0.3 is 14.8 Å². The molecule has 2 amide bonds. The normalized spacial score (nSPS) is 18.9. The highest BCUT2D eigenvalue weighted by Crippen LogP contribution is 2.36. The number of aryl methyl sites for hydroxylation is 1. The number of hydrogen-bond acceptors (Lipinski definition) is 7. The summed E-state index contributed by atoms with van der Waals surface area (Å²) in [6, 6.07) is 3.00. The number of nitrogens with one attached hydrogen (secondary N) is 1. The van der Waals surface area contributed by atoms with Gasteiger partial charge >= 0.3 is 6.18 Å². The zero-order chi connectivity index (χ0) is 27.9. The third-order valence-corrected chi connectivity index (χ3v) is 6.84. The van der Waals surface area contributed by atoms with E-state index in [9.17, 15) is 22.8 Å². The molecule has 3 aromatic heterocycles. The number of nitrogens with zero attached hydrogens (tertiary/aromatic N) is 5. The third-order valence-electron chi connectivity index (χ3n) is 6.84. The van der Waals surface area contributed by atoms with E-state index in [2.05, 4.69) is 15.4 Å². The van der Waals surface area contributed by atoms with Crippen molar-refractivity contribution in [2.45, 2.75) is 39.0 Å². The topological polar surface area (TPSA) is 111 Å². The predicted molar refractivity (Wildman–Crippen MR) is 134 cm³/mol. The van der Waals surface area contributed by atoms with Gasteiger partial charge in [-0.1, -0.05) is 0 Å². The van der Waals surface area contributed by atoms with Crippen LogP contribution in [-0.4, -0.2) is 70.6 Å². The summed E-state index contributed by atoms with van der Waals surface area (Å²) in [5, 5.41) is 6.57. The number of anilines is 1. The number of amides is 2. The molecule has 0 aromatic carbocycles. The lowest BCUT2D eigenvalue weighted by atomic mass is 9.95. The number of aromatic nitrogens is 4. The van der Waals surface area contributed by atoms with Crippen molar-refractivity contribution in [1.82, 2.24) is 25.1 Å². The Bertz CT molecular complexity index is 1420. The second kappa shape index (κ2) is 10.3. The SMILES string of the molecule is CCNC(=O)c1cc(-c2cc(C)c3c(n2)CC2COC[C@H]2N(c2cnn(CC(F)(F)F)c2)C3=O)cnc1OC. The Hall–Kier alpha value is -4.00. The van der Waals surface area contributed by atoms with E-state index in [0.29, 0.717) is 47.7 Å². The minimum absolute atomic E-state index is 0.122. The number of hydrogen-bond donors (Lipinski definition) is 1. The van der Waals surface area contributed by atoms with Gasteiger partial charge in [0.15, 0.2) is 0 Å². The number of carbonyl (C=O) groups excluding carboxylic acids is 2. The van der Waals surface area contributed by atoms with Crippen molar-refractivity contribution in [2.24, 2.45) is 5.92 Å². The molecular weight excluding hydrogens is 517 g/mol. The number of fused-ring (bicyclic) bond motifs is 2. The summed E-state index contributed by atoms with van der Waals surface area (Å²) < 4.78 is 50.5. The summed E-state index contributed by atoms with van der Waals surface area (Å²) in [5.74, 6) is -0.651. The van der Waals surface area contributed by atoms with E-state index in [1.165, 1.54) is 24.4 Å². The van der Waals surface area contributed by atoms with E-state index >= 15 is 0 Å². The number of alkyl halides is 3. The summed E-state index contributed by atoms with van der Waals surface area (Å²) in [7, 11) is 1.43. The van der Waals surface area contributed by atoms with Gasteiger partial charge in [0.1, 0.15) is 12.1 Å². The number of halogens is 3. The van der Waals surface area contributed by atoms with Gasteiger partial charge in [-0.25, -0.2) is 4.98 Å². The second-order valence-electron chi connectivity index (χ2n) is 9.54. The van der Waals surface area contributed by atoms with E-state index in [4.69, 9.17) is 14.5 Å². The van der Waals surface area contributed by atoms with Crippen LogP contribution in [0.4, 0.5) is 18.9 Å². The fraction of sp³-hybridized carbons (Fsp3) is 0.423. The molecule has 5 heterocycles. The smallest absolute Gasteiger partial charge is 0.408 e. The molecule has 2 atom stereocenters. The Kier molecular flexibility index (Phi) is 7.02. The average molecular weight is 545 g/mol. The summed E-state index contributed by atoms with van der Waals surface area (Å²) >= 11 is 0. The Morgan fingerprint density at radius 1 is 1.26 bits per heavy atom. The van der Waals surface area contributed by atoms with Crippen molar-refractivity contribution >= 4 is 17.5 Å². The molecule has 1 unspecified atom stereocenters. The molecule has 10 nitrogen and oxygen atoms in total. The lowest BCUT2D eigenvalue weighted by Gasteiger charge is -2.28. The monoisotopic (exact) mass is 544 g/mol. The Balaban J connectivity index is 1.56. The molecule has 0 aliphatic carbocycles. The summed E-state index contributed by atoms with van der Waals surface area (Å²) in [4.78, 5) is 37.1. The van der Waals surface area contributed by atoms with Crippen LogP contribution in [0.15, 0.2) is 30.7 Å². The maximum absolute atomic E-state index is 13.9. The molecule has 0 spiro atoms. The van der Waals surface area contributed by atoms with Gasteiger partial charge in [0.05, 0.1) is 55.2 Å². The first-order valence-corrected chi connectivity index (χ1v) is 12.4. The van der Waals surface area contributed by atoms with Crippen LogP contribution < -0.4 is 15.0 Å². The van der Waals surface area contributed by atoms with Gasteiger partial charge in [-0.15, -0.1) is 0 Å². The van der Waals surface area contributed by atoms with Crippen LogP contribution in [0.3, 0.4) is 0 Å². The number of methoxy groups -OCH3 is 1. The van der Waals surface area contributed by atoms with E-state index in [1.54, 1.807) is 32.2 Å². The van der Waals surface area contributed by atoms with Crippen LogP contribution in [-0.2, 0) is 17.7 Å². The van der Waals surface area contributed by atoms with Crippen LogP contribution in [0.25, 0.3) is 11.3 Å². The first kappa shape index (κ1) is 26.6. The zero-order valence-electron chi connectivity index (χ0n) is 21.6. The third kappa shape index (κ3) is 5.18. The highest BCUT2D eigenvalue weighted by atomic mass is 19.4. The highest BCUT2D eigenvalue weighted by Gasteiger charge is 2.42. The molecule has 39 heavy (non-hydrogen) atoms. The van der Waals surface area contributed by atoms with Crippen molar-refractivity contribution < 1.29 is 32.2 Å². The average Bonchev–Trinajstić information content (AvgIpc) is 3.50. The fourth-order valence-corrected chi connectivity index (χ4v) is 5.14. The molecule has 2 aliphatic heterocycles. The fourth-order valence-electron chi connectivity index (χ4n) is 5.14. The first-order chi connectivity index (χ1) is 18.6. The molecule has 0 bridgehead atoms. The molecule has 1 fully saturated rings. The lowest BCUT2D eigenvalue weighted by Crippen LogP contribution is -2.43. The molecule has 0 radical (unpaired) electrons. The van der Waals surface area contributed by atoms with Crippen LogP contribution in [0, 0.1) is 12.8 Å². The number of rotatable bonds is 6. The molecular formula is C26H27F3N6O4. The van der Waals surface area contributed by atoms with Crippen molar-refractivity contribution in [3.63, 3.8) is 0 Å². The number of carbonyl (C=O) groups is 2. The molecule has 13 heteroatoms. The molecule has 0 saturated carbocycles. The van der Waals surface area contributed by atoms with E-state index in [1.807, 2.05) is 0 Å². The maximum atomic E-state index is 13.9. The van der Waals surface area contributed by atoms with Gasteiger partial charge in [-0.3, -0.25) is 24.2 Å². The quantitative estimate of drug-likeness (QED) is 0.507. The van der Waals surface area contributed by atoms with Crippen molar-refractivity contribution in [3.05, 3.63) is 53.1 Å². The van der Waals surface area contributed by atoms with Gasteiger partial charge in [0.25, 0.3) is 11.8 Å². The molecule has 5 rings (SSSR count). The van der Waals surface area contributed by atoms with Crippen LogP contribution >= 0.6 is 0 Å². The molecule has 206 valence electrons. The van der Waals surface area contributed by atoms with Gasteiger partial charge in [-0.05, 0) is 38.0 Å². The molecule has 1 saturated heterocycles. The van der Waals surface area contributed by atoms with Gasteiger partial charge in [-0.2, -0.15) is 18.3 Å². The van der Waals surface area contributed by atoms with Gasteiger partial charge in [0.2, 0.25) is 5.88 Å². The molecule has 3 aromatic rings. The van der Waals surface area contributed by atoms with E-state index < -0.39 is 12.7 Å². The first-order valence-electron chi connectivity index (χ1n) is 12.4. The largest absolute Gasteiger partial charge is 0.480 e. The summed E-state index contributed by atoms with van der Waals surface area (Å²) in [6.45, 7) is 3.39. The standard InChI is InChI=1S/C26H27F3N6O4/c1-4-30-23(36)18-6-15(8-31-24(18)38-3)19-5-14(2)22-20(33-19)7-16-11-39-12-21(16)35(25(22)37)17-9-32-34(10-17)13-26(27,28)29/h5-6,8-10,16,21H,4,7,11-13H2,1-3H3,(H,30,36)/t16?,21-/m1/s1. The summed E-state index contributed by atoms with van der Waals surface area (Å²) in [5.41, 5.74) is 3.22. The van der Waals surface area contributed by atoms with Crippen LogP contribution in [0.5, 0.6) is 5.88 Å². The molecule has 2 aliphatic rings. The number of ether oxygens (including phenoxy) is 2. The Morgan fingerprint density at radius 2 is 2.05 bits per heavy atom. The van der Waals surface area contributed by atoms with Crippen molar-refractivity contribution in [3.8, 4) is 17.1 Å². The van der Waals surface area contributed by atoms with E-state index in [0.717, 1.165) is 4.68 Å². The van der Waals surface area contributed by atoms with Crippen LogP contribution in [0.2, 0.25) is 0 Å². The van der Waals surface area contributed by atoms with E-state index in [-0.39, 0.29) is 47.5 Å². The maximum Gasteiger partial charge on any atom is 0.408 e. The Labute approximate surface area is 222 Å². The Morgan fingerprint density at radius 3 is 2.77 bits per heavy atom. The minimum Gasteiger partial charge on any atom is -0.480 e. The zero-order valence-corrected chi connectivity index (χ0v) is 21.6. The van der Waals surface area contributed by atoms with Crippen LogP contribution in [0.1, 0.15) is 38.9 Å². The number of pyridine rings is 2. The molecule has 1 N–H and O–H groups in total. The summed E-state index contributed by atoms with van der Waals surface area (Å²) in [6.07, 6.45) is 0.0429. The van der Waals surface area contributed by atoms with Gasteiger partial charge in [0, 0.05) is 30.4 Å². The van der Waals surface area contributed by atoms with Crippen molar-refractivity contribution in [2.75, 3.05) is 31.8 Å². The predicted octanol–water partition coefficient (Wildman–Crippen LogP) is 3.19. The minimum atomic E-state index is -4.44. The highest BCUT2D eigenvalue weighted by molar-refractivity contribution is 6.09. The van der Waals surface area contributed by atoms with Crippen molar-refractivity contribution in [1.29, 1.82) is 0 Å². The lowest BCUT2D eigenvalue weighted by molar-refractivity contribution is -0.142.